The quantitative estimate of drug-likeness (QED) is 0.744. The van der Waals surface area contributed by atoms with Crippen molar-refractivity contribution in [1.82, 2.24) is 0 Å². The molecule has 0 aromatic heterocycles. The Balaban J connectivity index is 2.22. The third-order valence-electron chi connectivity index (χ3n) is 2.96. The van der Waals surface area contributed by atoms with Gasteiger partial charge in [0.2, 0.25) is 0 Å². The zero-order valence-electron chi connectivity index (χ0n) is 11.8. The maximum Gasteiger partial charge on any atom is 0.418 e. The number of carboxylic acids is 1. The lowest BCUT2D eigenvalue weighted by Crippen LogP contribution is -2.22. The van der Waals surface area contributed by atoms with Gasteiger partial charge in [-0.3, -0.25) is 0 Å². The minimum absolute atomic E-state index is 0.0430. The molecule has 24 heavy (non-hydrogen) atoms. The van der Waals surface area contributed by atoms with Crippen LogP contribution in [0.15, 0.2) is 42.5 Å². The summed E-state index contributed by atoms with van der Waals surface area (Å²) >= 11 is 5.85. The predicted octanol–water partition coefficient (Wildman–Crippen LogP) is 4.70. The number of aromatic carboxylic acids is 1. The Morgan fingerprint density at radius 1 is 0.958 bits per heavy atom. The molecule has 2 aromatic rings. The summed E-state index contributed by atoms with van der Waals surface area (Å²) in [6.07, 6.45) is -4.63. The molecule has 0 heterocycles. The van der Waals surface area contributed by atoms with Crippen LogP contribution in [0.3, 0.4) is 0 Å². The molecule has 2 rings (SSSR count). The van der Waals surface area contributed by atoms with Crippen LogP contribution in [0.5, 0.6) is 0 Å². The largest absolute Gasteiger partial charge is 0.478 e. The first kappa shape index (κ1) is 17.6. The number of carbonyl (C=O) groups is 2. The number of alkyl halides is 3. The van der Waals surface area contributed by atoms with E-state index in [4.69, 9.17) is 16.7 Å². The number of carboxylic acid groups (broad SMARTS) is 1. The first-order valence-electron chi connectivity index (χ1n) is 6.46. The van der Waals surface area contributed by atoms with Crippen molar-refractivity contribution in [3.8, 4) is 0 Å². The summed E-state index contributed by atoms with van der Waals surface area (Å²) in [7, 11) is 0. The van der Waals surface area contributed by atoms with Crippen molar-refractivity contribution in [3.05, 3.63) is 58.6 Å². The van der Waals surface area contributed by atoms with Crippen molar-refractivity contribution in [2.75, 3.05) is 10.6 Å². The highest BCUT2D eigenvalue weighted by molar-refractivity contribution is 6.36. The highest BCUT2D eigenvalue weighted by Gasteiger charge is 2.33. The van der Waals surface area contributed by atoms with Crippen molar-refractivity contribution >= 4 is 35.0 Å². The number of amides is 2. The molecule has 2 aromatic carbocycles. The number of nitrogens with one attached hydrogen (secondary N) is 2. The van der Waals surface area contributed by atoms with Crippen molar-refractivity contribution in [1.29, 1.82) is 0 Å². The van der Waals surface area contributed by atoms with Gasteiger partial charge in [0.15, 0.2) is 0 Å². The van der Waals surface area contributed by atoms with Gasteiger partial charge in [-0.15, -0.1) is 0 Å². The molecule has 0 aliphatic carbocycles. The molecule has 126 valence electrons. The number of hydrogen-bond acceptors (Lipinski definition) is 2. The molecule has 0 saturated heterocycles. The van der Waals surface area contributed by atoms with Gasteiger partial charge in [-0.2, -0.15) is 13.2 Å². The SMILES string of the molecule is O=C(Nc1ccccc1C(F)(F)F)Nc1cccc(C(=O)O)c1Cl. The molecule has 3 N–H and O–H groups in total. The van der Waals surface area contributed by atoms with Crippen molar-refractivity contribution < 1.29 is 27.9 Å². The molecule has 0 spiro atoms. The van der Waals surface area contributed by atoms with Crippen LogP contribution in [0.4, 0.5) is 29.3 Å². The van der Waals surface area contributed by atoms with Crippen LogP contribution in [0.1, 0.15) is 15.9 Å². The number of rotatable bonds is 3. The molecule has 0 aliphatic heterocycles. The Bertz CT molecular complexity index is 794. The molecule has 0 radical (unpaired) electrons. The second-order valence-corrected chi connectivity index (χ2v) is 4.97. The van der Waals surface area contributed by atoms with Crippen LogP contribution >= 0.6 is 11.6 Å². The van der Waals surface area contributed by atoms with E-state index >= 15 is 0 Å². The molecule has 0 saturated carbocycles. The monoisotopic (exact) mass is 358 g/mol. The van der Waals surface area contributed by atoms with E-state index in [1.165, 1.54) is 30.3 Å². The summed E-state index contributed by atoms with van der Waals surface area (Å²) in [6.45, 7) is 0. The smallest absolute Gasteiger partial charge is 0.418 e. The van der Waals surface area contributed by atoms with Crippen LogP contribution in [-0.2, 0) is 6.18 Å². The van der Waals surface area contributed by atoms with Crippen LogP contribution in [0, 0.1) is 0 Å². The summed E-state index contributed by atoms with van der Waals surface area (Å²) in [5.74, 6) is -1.30. The van der Waals surface area contributed by atoms with Crippen molar-refractivity contribution in [2.24, 2.45) is 0 Å². The Hall–Kier alpha value is -2.74. The Morgan fingerprint density at radius 3 is 2.17 bits per heavy atom. The molecule has 0 bridgehead atoms. The second kappa shape index (κ2) is 6.79. The average molecular weight is 359 g/mol. The Labute approximate surface area is 139 Å². The summed E-state index contributed by atoms with van der Waals surface area (Å²) in [4.78, 5) is 22.9. The van der Waals surface area contributed by atoms with Gasteiger partial charge in [-0.05, 0) is 24.3 Å². The third-order valence-corrected chi connectivity index (χ3v) is 3.37. The number of benzene rings is 2. The van der Waals surface area contributed by atoms with Gasteiger partial charge >= 0.3 is 18.2 Å². The molecule has 0 unspecified atom stereocenters. The minimum atomic E-state index is -4.63. The number of urea groups is 1. The van der Waals surface area contributed by atoms with E-state index in [9.17, 15) is 22.8 Å². The van der Waals surface area contributed by atoms with Gasteiger partial charge in [-0.1, -0.05) is 29.8 Å². The van der Waals surface area contributed by atoms with Crippen LogP contribution < -0.4 is 10.6 Å². The van der Waals surface area contributed by atoms with Gasteiger partial charge in [0.25, 0.3) is 0 Å². The van der Waals surface area contributed by atoms with Crippen LogP contribution in [0.25, 0.3) is 0 Å². The van der Waals surface area contributed by atoms with Gasteiger partial charge in [0, 0.05) is 0 Å². The molecular formula is C15H10ClF3N2O3. The van der Waals surface area contributed by atoms with E-state index in [-0.39, 0.29) is 16.3 Å². The van der Waals surface area contributed by atoms with Crippen molar-refractivity contribution in [2.45, 2.75) is 6.18 Å². The zero-order valence-corrected chi connectivity index (χ0v) is 12.6. The Morgan fingerprint density at radius 2 is 1.54 bits per heavy atom. The lowest BCUT2D eigenvalue weighted by atomic mass is 10.1. The van der Waals surface area contributed by atoms with Crippen LogP contribution in [0.2, 0.25) is 5.02 Å². The van der Waals surface area contributed by atoms with Gasteiger partial charge in [-0.25, -0.2) is 9.59 Å². The topological polar surface area (TPSA) is 78.4 Å². The number of hydrogen-bond donors (Lipinski definition) is 3. The minimum Gasteiger partial charge on any atom is -0.478 e. The maximum absolute atomic E-state index is 12.9. The summed E-state index contributed by atoms with van der Waals surface area (Å²) < 4.78 is 38.6. The fourth-order valence-electron chi connectivity index (χ4n) is 1.91. The normalized spacial score (nSPS) is 11.0. The second-order valence-electron chi connectivity index (χ2n) is 4.59. The summed E-state index contributed by atoms with van der Waals surface area (Å²) in [6, 6.07) is 7.36. The molecule has 5 nitrogen and oxygen atoms in total. The fraction of sp³-hybridized carbons (Fsp3) is 0.0667. The van der Waals surface area contributed by atoms with E-state index in [1.54, 1.807) is 0 Å². The lowest BCUT2D eigenvalue weighted by Gasteiger charge is -2.14. The number of halogens is 4. The highest BCUT2D eigenvalue weighted by Crippen LogP contribution is 2.34. The number of anilines is 2. The van der Waals surface area contributed by atoms with E-state index in [2.05, 4.69) is 10.6 Å². The molecule has 0 fully saturated rings. The maximum atomic E-state index is 12.9. The molecule has 0 atom stereocenters. The van der Waals surface area contributed by atoms with E-state index in [0.717, 1.165) is 12.1 Å². The third kappa shape index (κ3) is 3.96. The fourth-order valence-corrected chi connectivity index (χ4v) is 2.16. The summed E-state index contributed by atoms with van der Waals surface area (Å²) in [5.41, 5.74) is -1.73. The summed E-state index contributed by atoms with van der Waals surface area (Å²) in [5, 5.41) is 13.0. The Kier molecular flexibility index (Phi) is 4.99. The standard InChI is InChI=1S/C15H10ClF3N2O3/c16-12-8(13(22)23)4-3-7-11(12)21-14(24)20-10-6-2-1-5-9(10)15(17,18)19/h1-7H,(H,22,23)(H2,20,21,24). The molecule has 0 aliphatic rings. The molecule has 2 amide bonds. The van der Waals surface area contributed by atoms with Crippen LogP contribution in [-0.4, -0.2) is 17.1 Å². The van der Waals surface area contributed by atoms with E-state index in [0.29, 0.717) is 0 Å². The van der Waals surface area contributed by atoms with Gasteiger partial charge in [0.1, 0.15) is 0 Å². The zero-order chi connectivity index (χ0) is 17.9. The van der Waals surface area contributed by atoms with E-state index in [1.807, 2.05) is 0 Å². The van der Waals surface area contributed by atoms with E-state index < -0.39 is 29.4 Å². The number of carbonyl (C=O) groups excluding carboxylic acids is 1. The van der Waals surface area contributed by atoms with Gasteiger partial charge in [0.05, 0.1) is 27.5 Å². The van der Waals surface area contributed by atoms with Crippen molar-refractivity contribution in [3.63, 3.8) is 0 Å². The van der Waals surface area contributed by atoms with Gasteiger partial charge < -0.3 is 15.7 Å². The molecular weight excluding hydrogens is 349 g/mol. The molecule has 9 heteroatoms. The lowest BCUT2D eigenvalue weighted by molar-refractivity contribution is -0.136. The first-order valence-corrected chi connectivity index (χ1v) is 6.84. The first-order chi connectivity index (χ1) is 11.2. The number of para-hydroxylation sites is 1. The average Bonchev–Trinajstić information content (AvgIpc) is 2.48. The highest BCUT2D eigenvalue weighted by atomic mass is 35.5. The predicted molar refractivity (Wildman–Crippen MR) is 82.5 cm³/mol.